The molecule has 0 radical (unpaired) electrons. The second-order valence-corrected chi connectivity index (χ2v) is 7.37. The normalized spacial score (nSPS) is 21.3. The standard InChI is InChI=1S/C16H19ClIN5O3/c17-16-20-14(22-4-7-25-8-5-22)12-15(21-16)23(11-3-1-2-6-26-11)13(19-12)10(24)9-18/h11H,1-9H2. The van der Waals surface area contributed by atoms with Gasteiger partial charge in [-0.2, -0.15) is 9.97 Å². The first-order chi connectivity index (χ1) is 12.7. The van der Waals surface area contributed by atoms with E-state index in [0.717, 1.165) is 19.3 Å². The van der Waals surface area contributed by atoms with Crippen molar-refractivity contribution in [3.63, 3.8) is 0 Å². The molecule has 0 aromatic carbocycles. The Morgan fingerprint density at radius 3 is 2.69 bits per heavy atom. The van der Waals surface area contributed by atoms with Crippen molar-refractivity contribution in [3.8, 4) is 0 Å². The van der Waals surface area contributed by atoms with Crippen molar-refractivity contribution in [2.75, 3.05) is 42.2 Å². The Morgan fingerprint density at radius 1 is 1.19 bits per heavy atom. The number of ether oxygens (including phenoxy) is 2. The Morgan fingerprint density at radius 2 is 2.00 bits per heavy atom. The van der Waals surface area contributed by atoms with Gasteiger partial charge in [0.25, 0.3) is 0 Å². The lowest BCUT2D eigenvalue weighted by Gasteiger charge is -2.28. The van der Waals surface area contributed by atoms with Crippen molar-refractivity contribution in [1.29, 1.82) is 0 Å². The lowest BCUT2D eigenvalue weighted by Crippen LogP contribution is -2.37. The highest BCUT2D eigenvalue weighted by atomic mass is 127. The zero-order valence-corrected chi connectivity index (χ0v) is 17.1. The van der Waals surface area contributed by atoms with Crippen LogP contribution in [-0.4, -0.2) is 62.6 Å². The van der Waals surface area contributed by atoms with Crippen LogP contribution in [0.1, 0.15) is 36.1 Å². The van der Waals surface area contributed by atoms with Crippen LogP contribution in [0.15, 0.2) is 0 Å². The van der Waals surface area contributed by atoms with E-state index in [4.69, 9.17) is 21.1 Å². The van der Waals surface area contributed by atoms with Crippen molar-refractivity contribution < 1.29 is 14.3 Å². The summed E-state index contributed by atoms with van der Waals surface area (Å²) in [4.78, 5) is 28.1. The smallest absolute Gasteiger partial charge is 0.226 e. The number of imidazole rings is 1. The molecule has 2 aromatic heterocycles. The number of rotatable bonds is 4. The van der Waals surface area contributed by atoms with Crippen LogP contribution in [-0.2, 0) is 9.47 Å². The molecule has 0 bridgehead atoms. The fraction of sp³-hybridized carbons (Fsp3) is 0.625. The maximum atomic E-state index is 12.6. The van der Waals surface area contributed by atoms with E-state index in [9.17, 15) is 4.79 Å². The third-order valence-corrected chi connectivity index (χ3v) is 5.48. The number of morpholine rings is 1. The number of carbonyl (C=O) groups is 1. The van der Waals surface area contributed by atoms with Gasteiger partial charge in [-0.15, -0.1) is 0 Å². The van der Waals surface area contributed by atoms with Crippen LogP contribution in [0, 0.1) is 0 Å². The van der Waals surface area contributed by atoms with Crippen molar-refractivity contribution in [1.82, 2.24) is 19.5 Å². The number of hydrogen-bond acceptors (Lipinski definition) is 7. The Hall–Kier alpha value is -1.04. The van der Waals surface area contributed by atoms with Crippen LogP contribution in [0.25, 0.3) is 11.2 Å². The number of halogens is 2. The zero-order valence-electron chi connectivity index (χ0n) is 14.2. The van der Waals surface area contributed by atoms with Crippen molar-refractivity contribution in [3.05, 3.63) is 11.1 Å². The highest BCUT2D eigenvalue weighted by molar-refractivity contribution is 14.1. The van der Waals surface area contributed by atoms with Gasteiger partial charge in [0.05, 0.1) is 17.6 Å². The average Bonchev–Trinajstić information content (AvgIpc) is 3.07. The third kappa shape index (κ3) is 3.41. The van der Waals surface area contributed by atoms with Gasteiger partial charge in [0.1, 0.15) is 6.23 Å². The van der Waals surface area contributed by atoms with Gasteiger partial charge >= 0.3 is 0 Å². The molecule has 2 fully saturated rings. The van der Waals surface area contributed by atoms with Crippen LogP contribution in [0.3, 0.4) is 0 Å². The molecule has 1 unspecified atom stereocenters. The molecule has 2 saturated heterocycles. The molecular weight excluding hydrogens is 473 g/mol. The van der Waals surface area contributed by atoms with Gasteiger partial charge in [0.2, 0.25) is 11.1 Å². The van der Waals surface area contributed by atoms with E-state index < -0.39 is 0 Å². The molecule has 2 aliphatic rings. The van der Waals surface area contributed by atoms with E-state index in [1.165, 1.54) is 0 Å². The number of Topliss-reactive ketones (excluding diaryl/α,β-unsaturated/α-hetero) is 1. The molecule has 140 valence electrons. The van der Waals surface area contributed by atoms with Crippen molar-refractivity contribution in [2.24, 2.45) is 0 Å². The second kappa shape index (κ2) is 7.91. The molecule has 10 heteroatoms. The Kier molecular flexibility index (Phi) is 5.58. The number of anilines is 1. The minimum atomic E-state index is -0.251. The maximum Gasteiger partial charge on any atom is 0.226 e. The SMILES string of the molecule is O=C(CI)c1nc2c(N3CCOCC3)nc(Cl)nc2n1C1CCCCO1. The van der Waals surface area contributed by atoms with Crippen molar-refractivity contribution in [2.45, 2.75) is 25.5 Å². The number of hydrogen-bond donors (Lipinski definition) is 0. The molecule has 0 aliphatic carbocycles. The van der Waals surface area contributed by atoms with Gasteiger partial charge in [-0.3, -0.25) is 9.36 Å². The molecular formula is C16H19ClIN5O3. The number of ketones is 1. The maximum absolute atomic E-state index is 12.6. The van der Waals surface area contributed by atoms with Crippen LogP contribution in [0.5, 0.6) is 0 Å². The van der Waals surface area contributed by atoms with Gasteiger partial charge in [0.15, 0.2) is 22.8 Å². The van der Waals surface area contributed by atoms with Gasteiger partial charge in [-0.05, 0) is 30.9 Å². The quantitative estimate of drug-likeness (QED) is 0.281. The minimum absolute atomic E-state index is 0.0539. The number of nitrogens with zero attached hydrogens (tertiary/aromatic N) is 5. The summed E-state index contributed by atoms with van der Waals surface area (Å²) in [5.74, 6) is 0.967. The van der Waals surface area contributed by atoms with E-state index >= 15 is 0 Å². The van der Waals surface area contributed by atoms with E-state index in [-0.39, 0.29) is 17.3 Å². The molecule has 0 N–H and O–H groups in total. The average molecular weight is 492 g/mol. The van der Waals surface area contributed by atoms with Crippen LogP contribution < -0.4 is 4.90 Å². The van der Waals surface area contributed by atoms with Gasteiger partial charge in [-0.1, -0.05) is 22.6 Å². The van der Waals surface area contributed by atoms with E-state index in [0.29, 0.717) is 60.1 Å². The predicted octanol–water partition coefficient (Wildman–Crippen LogP) is 2.63. The number of alkyl halides is 1. The Bertz CT molecular complexity index is 818. The predicted molar refractivity (Wildman–Crippen MR) is 105 cm³/mol. The molecule has 1 atom stereocenters. The summed E-state index contributed by atoms with van der Waals surface area (Å²) in [5, 5.41) is 0.143. The van der Waals surface area contributed by atoms with Crippen LogP contribution in [0.2, 0.25) is 5.28 Å². The first-order valence-corrected chi connectivity index (χ1v) is 10.6. The highest BCUT2D eigenvalue weighted by Gasteiger charge is 2.29. The molecule has 4 heterocycles. The molecule has 4 rings (SSSR count). The highest BCUT2D eigenvalue weighted by Crippen LogP contribution is 2.32. The lowest BCUT2D eigenvalue weighted by molar-refractivity contribution is -0.0308. The molecule has 8 nitrogen and oxygen atoms in total. The van der Waals surface area contributed by atoms with E-state index in [2.05, 4.69) is 42.4 Å². The third-order valence-electron chi connectivity index (χ3n) is 4.62. The van der Waals surface area contributed by atoms with Crippen LogP contribution in [0.4, 0.5) is 5.82 Å². The minimum Gasteiger partial charge on any atom is -0.378 e. The van der Waals surface area contributed by atoms with Crippen LogP contribution >= 0.6 is 34.2 Å². The summed E-state index contributed by atoms with van der Waals surface area (Å²) < 4.78 is 13.5. The Labute approximate surface area is 169 Å². The van der Waals surface area contributed by atoms with Crippen molar-refractivity contribution >= 4 is 57.0 Å². The topological polar surface area (TPSA) is 82.4 Å². The molecule has 0 saturated carbocycles. The molecule has 0 spiro atoms. The summed E-state index contributed by atoms with van der Waals surface area (Å²) in [6, 6.07) is 0. The number of carbonyl (C=O) groups excluding carboxylic acids is 1. The fourth-order valence-electron chi connectivity index (χ4n) is 3.39. The summed E-state index contributed by atoms with van der Waals surface area (Å²) in [7, 11) is 0. The first kappa shape index (κ1) is 18.3. The zero-order chi connectivity index (χ0) is 18.1. The van der Waals surface area contributed by atoms with E-state index in [1.54, 1.807) is 0 Å². The molecule has 2 aromatic rings. The first-order valence-electron chi connectivity index (χ1n) is 8.68. The van der Waals surface area contributed by atoms with Gasteiger partial charge < -0.3 is 14.4 Å². The summed E-state index contributed by atoms with van der Waals surface area (Å²) in [6.45, 7) is 3.30. The largest absolute Gasteiger partial charge is 0.378 e. The van der Waals surface area contributed by atoms with Gasteiger partial charge in [0, 0.05) is 19.7 Å². The fourth-order valence-corrected chi connectivity index (χ4v) is 3.89. The molecule has 2 aliphatic heterocycles. The summed E-state index contributed by atoms with van der Waals surface area (Å²) in [5.41, 5.74) is 1.16. The molecule has 0 amide bonds. The monoisotopic (exact) mass is 491 g/mol. The number of fused-ring (bicyclic) bond motifs is 1. The lowest BCUT2D eigenvalue weighted by atomic mass is 10.2. The number of aromatic nitrogens is 4. The Balaban J connectivity index is 1.89. The summed E-state index contributed by atoms with van der Waals surface area (Å²) >= 11 is 8.28. The van der Waals surface area contributed by atoms with Gasteiger partial charge in [-0.25, -0.2) is 4.98 Å². The van der Waals surface area contributed by atoms with E-state index in [1.807, 2.05) is 4.57 Å². The second-order valence-electron chi connectivity index (χ2n) is 6.27. The molecule has 26 heavy (non-hydrogen) atoms. The summed E-state index contributed by atoms with van der Waals surface area (Å²) in [6.07, 6.45) is 2.63.